The van der Waals surface area contributed by atoms with Gasteiger partial charge in [-0.25, -0.2) is 4.99 Å². The summed E-state index contributed by atoms with van der Waals surface area (Å²) in [6.45, 7) is 5.17. The molecule has 3 N–H and O–H groups in total. The summed E-state index contributed by atoms with van der Waals surface area (Å²) < 4.78 is 10.9. The lowest BCUT2D eigenvalue weighted by Crippen LogP contribution is -2.39. The number of guanidine groups is 1. The molecular weight excluding hydrogens is 441 g/mol. The number of nitrogens with one attached hydrogen (secondary N) is 1. The van der Waals surface area contributed by atoms with Crippen LogP contribution in [-0.4, -0.2) is 31.8 Å². The van der Waals surface area contributed by atoms with Gasteiger partial charge in [-0.2, -0.15) is 0 Å². The predicted octanol–water partition coefficient (Wildman–Crippen LogP) is 3.98. The number of benzene rings is 1. The van der Waals surface area contributed by atoms with Crippen LogP contribution in [0.5, 0.6) is 0 Å². The maximum atomic E-state index is 6.07. The summed E-state index contributed by atoms with van der Waals surface area (Å²) in [7, 11) is 0. The molecule has 0 saturated heterocycles. The topological polar surface area (TPSA) is 68.9 Å². The molecule has 0 spiro atoms. The number of rotatable bonds is 9. The maximum absolute atomic E-state index is 6.07. The molecule has 0 amide bonds. The maximum Gasteiger partial charge on any atom is 0.189 e. The third-order valence-electron chi connectivity index (χ3n) is 4.48. The van der Waals surface area contributed by atoms with E-state index in [1.807, 2.05) is 13.0 Å². The minimum Gasteiger partial charge on any atom is -0.379 e. The molecule has 6 heteroatoms. The number of ether oxygens (including phenoxy) is 2. The van der Waals surface area contributed by atoms with Gasteiger partial charge in [0.15, 0.2) is 5.96 Å². The molecule has 0 aliphatic heterocycles. The zero-order valence-electron chi connectivity index (χ0n) is 15.9. The fourth-order valence-corrected chi connectivity index (χ4v) is 3.12. The normalized spacial score (nSPS) is 16.0. The van der Waals surface area contributed by atoms with E-state index in [9.17, 15) is 0 Å². The van der Waals surface area contributed by atoms with Crippen LogP contribution in [0.1, 0.15) is 56.6 Å². The fourth-order valence-electron chi connectivity index (χ4n) is 3.12. The van der Waals surface area contributed by atoms with Crippen LogP contribution in [0, 0.1) is 0 Å². The van der Waals surface area contributed by atoms with E-state index in [-0.39, 0.29) is 24.0 Å². The van der Waals surface area contributed by atoms with E-state index in [0.717, 1.165) is 17.7 Å². The van der Waals surface area contributed by atoms with Crippen LogP contribution in [0.15, 0.2) is 29.3 Å². The number of aliphatic imine (C=N–C) groups is 1. The molecule has 1 aliphatic carbocycles. The first kappa shape index (κ1) is 23.2. The highest BCUT2D eigenvalue weighted by atomic mass is 127. The molecule has 26 heavy (non-hydrogen) atoms. The predicted molar refractivity (Wildman–Crippen MR) is 118 cm³/mol. The molecular formula is C20H34IN3O2. The molecule has 5 nitrogen and oxygen atoms in total. The molecule has 1 saturated carbocycles. The van der Waals surface area contributed by atoms with Gasteiger partial charge in [0, 0.05) is 12.6 Å². The Morgan fingerprint density at radius 1 is 1.12 bits per heavy atom. The Balaban J connectivity index is 0.00000338. The molecule has 0 radical (unpaired) electrons. The second kappa shape index (κ2) is 14.2. The lowest BCUT2D eigenvalue weighted by atomic mass is 10.1. The van der Waals surface area contributed by atoms with Gasteiger partial charge >= 0.3 is 0 Å². The van der Waals surface area contributed by atoms with Crippen molar-refractivity contribution in [2.75, 3.05) is 19.8 Å². The average Bonchev–Trinajstić information content (AvgIpc) is 2.89. The summed E-state index contributed by atoms with van der Waals surface area (Å²) in [5, 5.41) is 3.39. The number of nitrogens with two attached hydrogens (primary N) is 1. The van der Waals surface area contributed by atoms with Gasteiger partial charge in [0.25, 0.3) is 0 Å². The second-order valence-corrected chi connectivity index (χ2v) is 6.60. The molecule has 0 aromatic heterocycles. The van der Waals surface area contributed by atoms with Gasteiger partial charge < -0.3 is 20.5 Å². The van der Waals surface area contributed by atoms with Gasteiger partial charge in [-0.1, -0.05) is 49.9 Å². The van der Waals surface area contributed by atoms with Crippen LogP contribution in [0.2, 0.25) is 0 Å². The van der Waals surface area contributed by atoms with Crippen molar-refractivity contribution >= 4 is 29.9 Å². The van der Waals surface area contributed by atoms with Crippen molar-refractivity contribution in [3.05, 3.63) is 35.4 Å². The first-order valence-corrected chi connectivity index (χ1v) is 9.57. The van der Waals surface area contributed by atoms with E-state index in [0.29, 0.717) is 38.4 Å². The second-order valence-electron chi connectivity index (χ2n) is 6.60. The Labute approximate surface area is 175 Å². The Kier molecular flexibility index (Phi) is 12.7. The van der Waals surface area contributed by atoms with E-state index in [1.54, 1.807) is 0 Å². The standard InChI is InChI=1S/C20H33N3O2.HI/c1-2-24-12-13-25-16-18-9-7-8-17(14-18)15-22-20(21)23-19-10-5-3-4-6-11-19;/h7-9,14,19H,2-6,10-13,15-16H2,1H3,(H3,21,22,23);1H. The van der Waals surface area contributed by atoms with Crippen LogP contribution in [0.25, 0.3) is 0 Å². The first-order valence-electron chi connectivity index (χ1n) is 9.57. The zero-order chi connectivity index (χ0) is 17.7. The largest absolute Gasteiger partial charge is 0.379 e. The highest BCUT2D eigenvalue weighted by molar-refractivity contribution is 14.0. The van der Waals surface area contributed by atoms with E-state index in [2.05, 4.69) is 28.5 Å². The molecule has 148 valence electrons. The molecule has 0 unspecified atom stereocenters. The Hall–Kier alpha value is -0.860. The number of hydrogen-bond acceptors (Lipinski definition) is 3. The number of hydrogen-bond donors (Lipinski definition) is 2. The molecule has 1 fully saturated rings. The first-order chi connectivity index (χ1) is 12.3. The third kappa shape index (κ3) is 9.73. The quantitative estimate of drug-likeness (QED) is 0.186. The van der Waals surface area contributed by atoms with Crippen molar-refractivity contribution in [1.82, 2.24) is 5.32 Å². The smallest absolute Gasteiger partial charge is 0.189 e. The average molecular weight is 475 g/mol. The molecule has 1 aromatic rings. The molecule has 0 atom stereocenters. The van der Waals surface area contributed by atoms with Crippen LogP contribution >= 0.6 is 24.0 Å². The number of halogens is 1. The summed E-state index contributed by atoms with van der Waals surface area (Å²) in [6.07, 6.45) is 7.66. The third-order valence-corrected chi connectivity index (χ3v) is 4.48. The SMILES string of the molecule is CCOCCOCc1cccc(CN=C(N)NC2CCCCCC2)c1.I. The van der Waals surface area contributed by atoms with Crippen molar-refractivity contribution in [2.45, 2.75) is 64.6 Å². The summed E-state index contributed by atoms with van der Waals surface area (Å²) in [6, 6.07) is 8.80. The lowest BCUT2D eigenvalue weighted by molar-refractivity contribution is 0.0453. The van der Waals surface area contributed by atoms with Crippen LogP contribution in [0.4, 0.5) is 0 Å². The number of nitrogens with zero attached hydrogens (tertiary/aromatic N) is 1. The highest BCUT2D eigenvalue weighted by Gasteiger charge is 2.12. The van der Waals surface area contributed by atoms with E-state index in [4.69, 9.17) is 15.2 Å². The van der Waals surface area contributed by atoms with Crippen molar-refractivity contribution in [2.24, 2.45) is 10.7 Å². The van der Waals surface area contributed by atoms with Gasteiger partial charge in [-0.05, 0) is 30.9 Å². The van der Waals surface area contributed by atoms with Crippen molar-refractivity contribution in [1.29, 1.82) is 0 Å². The van der Waals surface area contributed by atoms with Crippen molar-refractivity contribution in [3.63, 3.8) is 0 Å². The van der Waals surface area contributed by atoms with Crippen molar-refractivity contribution < 1.29 is 9.47 Å². The summed E-state index contributed by atoms with van der Waals surface area (Å²) in [4.78, 5) is 4.50. The Bertz CT molecular complexity index is 518. The van der Waals surface area contributed by atoms with Crippen LogP contribution in [0.3, 0.4) is 0 Å². The summed E-state index contributed by atoms with van der Waals surface area (Å²) in [5.41, 5.74) is 8.37. The van der Waals surface area contributed by atoms with Gasteiger partial charge in [-0.3, -0.25) is 0 Å². The zero-order valence-corrected chi connectivity index (χ0v) is 18.2. The molecule has 2 rings (SSSR count). The van der Waals surface area contributed by atoms with Crippen LogP contribution in [-0.2, 0) is 22.6 Å². The Morgan fingerprint density at radius 2 is 1.81 bits per heavy atom. The molecule has 1 aliphatic rings. The van der Waals surface area contributed by atoms with Crippen molar-refractivity contribution in [3.8, 4) is 0 Å². The van der Waals surface area contributed by atoms with Gasteiger partial charge in [-0.15, -0.1) is 24.0 Å². The van der Waals surface area contributed by atoms with E-state index >= 15 is 0 Å². The summed E-state index contributed by atoms with van der Waals surface area (Å²) >= 11 is 0. The van der Waals surface area contributed by atoms with Gasteiger partial charge in [0.2, 0.25) is 0 Å². The van der Waals surface area contributed by atoms with Gasteiger partial charge in [0.05, 0.1) is 26.4 Å². The monoisotopic (exact) mass is 475 g/mol. The van der Waals surface area contributed by atoms with E-state index < -0.39 is 0 Å². The minimum absolute atomic E-state index is 0. The Morgan fingerprint density at radius 3 is 2.54 bits per heavy atom. The molecule has 1 aromatic carbocycles. The van der Waals surface area contributed by atoms with Crippen LogP contribution < -0.4 is 11.1 Å². The van der Waals surface area contributed by atoms with Gasteiger partial charge in [0.1, 0.15) is 0 Å². The fraction of sp³-hybridized carbons (Fsp3) is 0.650. The highest BCUT2D eigenvalue weighted by Crippen LogP contribution is 2.17. The molecule has 0 heterocycles. The van der Waals surface area contributed by atoms with E-state index in [1.165, 1.54) is 38.5 Å². The minimum atomic E-state index is 0. The molecule has 0 bridgehead atoms. The lowest BCUT2D eigenvalue weighted by Gasteiger charge is -2.16. The summed E-state index contributed by atoms with van der Waals surface area (Å²) in [5.74, 6) is 0.560.